The Morgan fingerprint density at radius 2 is 1.44 bits per heavy atom. The predicted molar refractivity (Wildman–Crippen MR) is 126 cm³/mol. The molecule has 0 amide bonds. The maximum atomic E-state index is 10.9. The number of hydrogen-bond acceptors (Lipinski definition) is 6. The van der Waals surface area contributed by atoms with Gasteiger partial charge in [-0.3, -0.25) is 10.1 Å². The molecule has 172 valence electrons. The summed E-state index contributed by atoms with van der Waals surface area (Å²) in [7, 11) is 3.17. The van der Waals surface area contributed by atoms with Crippen molar-refractivity contribution in [3.05, 3.63) is 74.9 Å². The second-order valence-electron chi connectivity index (χ2n) is 7.51. The van der Waals surface area contributed by atoms with Gasteiger partial charge in [0, 0.05) is 31.9 Å². The van der Waals surface area contributed by atoms with E-state index in [1.807, 2.05) is 52.0 Å². The maximum Gasteiger partial charge on any atom is 0.269 e. The van der Waals surface area contributed by atoms with Gasteiger partial charge < -0.3 is 18.9 Å². The summed E-state index contributed by atoms with van der Waals surface area (Å²) in [6.07, 6.45) is 5.63. The van der Waals surface area contributed by atoms with Crippen LogP contribution in [0.1, 0.15) is 44.4 Å². The van der Waals surface area contributed by atoms with Gasteiger partial charge >= 0.3 is 0 Å². The molecule has 0 fully saturated rings. The summed E-state index contributed by atoms with van der Waals surface area (Å²) >= 11 is 0. The van der Waals surface area contributed by atoms with E-state index >= 15 is 0 Å². The minimum atomic E-state index is -0.443. The van der Waals surface area contributed by atoms with E-state index in [9.17, 15) is 10.1 Å². The summed E-state index contributed by atoms with van der Waals surface area (Å²) < 4.78 is 22.7. The van der Waals surface area contributed by atoms with Gasteiger partial charge in [-0.2, -0.15) is 0 Å². The zero-order valence-corrected chi connectivity index (χ0v) is 19.5. The van der Waals surface area contributed by atoms with Gasteiger partial charge in [-0.05, 0) is 69.5 Å². The number of benzene rings is 2. The normalized spacial score (nSPS) is 12.9. The number of nitro benzene ring substituents is 1. The van der Waals surface area contributed by atoms with Crippen molar-refractivity contribution in [2.24, 2.45) is 0 Å². The largest absolute Gasteiger partial charge is 0.465 e. The van der Waals surface area contributed by atoms with Crippen molar-refractivity contribution in [3.63, 3.8) is 0 Å². The van der Waals surface area contributed by atoms with Crippen LogP contribution >= 0.6 is 0 Å². The fourth-order valence-corrected chi connectivity index (χ4v) is 2.81. The van der Waals surface area contributed by atoms with Crippen LogP contribution in [0, 0.1) is 10.1 Å². The summed E-state index contributed by atoms with van der Waals surface area (Å²) in [5.41, 5.74) is 3.82. The monoisotopic (exact) mass is 441 g/mol. The Labute approximate surface area is 189 Å². The van der Waals surface area contributed by atoms with E-state index < -0.39 is 17.5 Å². The minimum Gasteiger partial charge on any atom is -0.465 e. The lowest BCUT2D eigenvalue weighted by molar-refractivity contribution is -0.384. The average Bonchev–Trinajstić information content (AvgIpc) is 2.76. The van der Waals surface area contributed by atoms with Gasteiger partial charge in [0.15, 0.2) is 12.6 Å². The third kappa shape index (κ3) is 7.51. The highest BCUT2D eigenvalue weighted by Gasteiger charge is 2.16. The Hall–Kier alpha value is -3.16. The van der Waals surface area contributed by atoms with Crippen LogP contribution in [0.4, 0.5) is 5.69 Å². The Morgan fingerprint density at radius 1 is 0.938 bits per heavy atom. The SMILES string of the molecule is COC(C)Oc1cc(C=Cc2ccc([N+](=O)[O-])cc2)cc(OC(C)OC)c1CC=C(C)C. The first-order valence-corrected chi connectivity index (χ1v) is 10.3. The van der Waals surface area contributed by atoms with Gasteiger partial charge in [0.05, 0.1) is 4.92 Å². The number of nitro groups is 1. The highest BCUT2D eigenvalue weighted by atomic mass is 16.7. The molecule has 2 aromatic rings. The molecule has 0 radical (unpaired) electrons. The third-order valence-electron chi connectivity index (χ3n) is 4.73. The first-order chi connectivity index (χ1) is 15.2. The molecule has 7 heteroatoms. The molecule has 0 saturated carbocycles. The molecule has 0 N–H and O–H groups in total. The fraction of sp³-hybridized carbons (Fsp3) is 0.360. The molecule has 2 atom stereocenters. The Bertz CT molecular complexity index is 928. The van der Waals surface area contributed by atoms with Gasteiger partial charge in [0.1, 0.15) is 11.5 Å². The van der Waals surface area contributed by atoms with Crippen LogP contribution in [0.3, 0.4) is 0 Å². The zero-order chi connectivity index (χ0) is 23.7. The van der Waals surface area contributed by atoms with Crippen molar-refractivity contribution in [1.82, 2.24) is 0 Å². The minimum absolute atomic E-state index is 0.0549. The molecule has 0 aromatic heterocycles. The van der Waals surface area contributed by atoms with Crippen molar-refractivity contribution in [2.75, 3.05) is 14.2 Å². The van der Waals surface area contributed by atoms with E-state index in [2.05, 4.69) is 6.08 Å². The van der Waals surface area contributed by atoms with Crippen molar-refractivity contribution in [3.8, 4) is 11.5 Å². The summed E-state index contributed by atoms with van der Waals surface area (Å²) in [6, 6.07) is 10.2. The van der Waals surface area contributed by atoms with E-state index in [1.54, 1.807) is 26.4 Å². The van der Waals surface area contributed by atoms with E-state index in [0.717, 1.165) is 16.7 Å². The van der Waals surface area contributed by atoms with Gasteiger partial charge in [0.25, 0.3) is 5.69 Å². The van der Waals surface area contributed by atoms with Crippen LogP contribution in [0.15, 0.2) is 48.0 Å². The van der Waals surface area contributed by atoms with Crippen LogP contribution in [0.25, 0.3) is 12.2 Å². The smallest absolute Gasteiger partial charge is 0.269 e. The van der Waals surface area contributed by atoms with Crippen LogP contribution in [0.2, 0.25) is 0 Å². The van der Waals surface area contributed by atoms with Gasteiger partial charge in [0.2, 0.25) is 0 Å². The molecule has 0 aliphatic heterocycles. The van der Waals surface area contributed by atoms with Crippen molar-refractivity contribution >= 4 is 17.8 Å². The van der Waals surface area contributed by atoms with Gasteiger partial charge in [-0.15, -0.1) is 0 Å². The first kappa shape index (κ1) is 25.1. The van der Waals surface area contributed by atoms with Gasteiger partial charge in [-0.1, -0.05) is 23.8 Å². The van der Waals surface area contributed by atoms with Crippen LogP contribution in [-0.2, 0) is 15.9 Å². The van der Waals surface area contributed by atoms with Crippen molar-refractivity contribution in [1.29, 1.82) is 0 Å². The lowest BCUT2D eigenvalue weighted by Gasteiger charge is -2.21. The lowest BCUT2D eigenvalue weighted by Crippen LogP contribution is -2.17. The van der Waals surface area contributed by atoms with Gasteiger partial charge in [-0.25, -0.2) is 0 Å². The number of nitrogens with zero attached hydrogens (tertiary/aromatic N) is 1. The molecule has 32 heavy (non-hydrogen) atoms. The molecular weight excluding hydrogens is 410 g/mol. The molecule has 2 unspecified atom stereocenters. The van der Waals surface area contributed by atoms with E-state index in [4.69, 9.17) is 18.9 Å². The summed E-state index contributed by atoms with van der Waals surface area (Å²) in [5, 5.41) is 10.9. The fourth-order valence-electron chi connectivity index (χ4n) is 2.81. The summed E-state index contributed by atoms with van der Waals surface area (Å²) in [4.78, 5) is 10.4. The van der Waals surface area contributed by atoms with E-state index in [-0.39, 0.29) is 5.69 Å². The highest BCUT2D eigenvalue weighted by molar-refractivity contribution is 5.72. The maximum absolute atomic E-state index is 10.9. The Balaban J connectivity index is 2.48. The number of hydrogen-bond donors (Lipinski definition) is 0. The molecule has 0 heterocycles. The third-order valence-corrected chi connectivity index (χ3v) is 4.73. The van der Waals surface area contributed by atoms with Crippen LogP contribution < -0.4 is 9.47 Å². The molecule has 7 nitrogen and oxygen atoms in total. The van der Waals surface area contributed by atoms with Crippen molar-refractivity contribution in [2.45, 2.75) is 46.7 Å². The first-order valence-electron chi connectivity index (χ1n) is 10.3. The average molecular weight is 442 g/mol. The molecule has 2 rings (SSSR count). The Morgan fingerprint density at radius 3 is 1.88 bits per heavy atom. The lowest BCUT2D eigenvalue weighted by atomic mass is 10.0. The van der Waals surface area contributed by atoms with Crippen LogP contribution in [0.5, 0.6) is 11.5 Å². The molecular formula is C25H31NO6. The topological polar surface area (TPSA) is 80.1 Å². The second kappa shape index (κ2) is 12.0. The van der Waals surface area contributed by atoms with Crippen molar-refractivity contribution < 1.29 is 23.9 Å². The van der Waals surface area contributed by atoms with E-state index in [1.165, 1.54) is 17.7 Å². The number of allylic oxidation sites excluding steroid dienone is 2. The molecule has 2 aromatic carbocycles. The molecule has 0 aliphatic rings. The zero-order valence-electron chi connectivity index (χ0n) is 19.5. The number of ether oxygens (including phenoxy) is 4. The Kier molecular flexibility index (Phi) is 9.43. The van der Waals surface area contributed by atoms with E-state index in [0.29, 0.717) is 17.9 Å². The van der Waals surface area contributed by atoms with Crippen LogP contribution in [-0.4, -0.2) is 31.7 Å². The molecule has 0 spiro atoms. The number of non-ortho nitro benzene ring substituents is 1. The number of methoxy groups -OCH3 is 2. The molecule has 0 bridgehead atoms. The highest BCUT2D eigenvalue weighted by Crippen LogP contribution is 2.34. The predicted octanol–water partition coefficient (Wildman–Crippen LogP) is 6.02. The quantitative estimate of drug-likeness (QED) is 0.140. The standard InChI is InChI=1S/C25H31NO6/c1-17(2)7-14-23-24(31-18(3)29-5)15-21(16-25(23)32-19(4)30-6)9-8-20-10-12-22(13-11-20)26(27)28/h7-13,15-16,18-19H,14H2,1-6H3. The molecule has 0 aliphatic carbocycles. The summed E-state index contributed by atoms with van der Waals surface area (Å²) in [6.45, 7) is 7.72. The molecule has 0 saturated heterocycles. The summed E-state index contributed by atoms with van der Waals surface area (Å²) in [5.74, 6) is 1.31. The second-order valence-corrected chi connectivity index (χ2v) is 7.51. The number of rotatable bonds is 11.